The van der Waals surface area contributed by atoms with E-state index in [4.69, 9.17) is 44.9 Å². The zero-order chi connectivity index (χ0) is 27.4. The standard InChI is InChI=1S/C28H21Cl2FN2O4S/c1-3-6-18-11-17(14-24(36-2)25(18)37-15-16-9-10-20(29)21(30)13-16)12-19-26(34)32-28(38)33(27(19)35)23-8-5-4-7-22(23)31/h3-5,7-14H,1,6,15H2,2H3,(H,32,34,38)/b19-12+. The van der Waals surface area contributed by atoms with Gasteiger partial charge in [0.1, 0.15) is 18.0 Å². The van der Waals surface area contributed by atoms with Crippen molar-refractivity contribution < 1.29 is 23.5 Å². The molecule has 1 aliphatic rings. The van der Waals surface area contributed by atoms with Crippen LogP contribution >= 0.6 is 35.4 Å². The number of ether oxygens (including phenoxy) is 2. The minimum absolute atomic E-state index is 0.0654. The van der Waals surface area contributed by atoms with E-state index in [1.807, 2.05) is 0 Å². The first kappa shape index (κ1) is 27.3. The van der Waals surface area contributed by atoms with E-state index in [1.165, 1.54) is 31.4 Å². The highest BCUT2D eigenvalue weighted by molar-refractivity contribution is 7.80. The number of hydrogen-bond donors (Lipinski definition) is 1. The molecule has 0 saturated carbocycles. The molecule has 6 nitrogen and oxygen atoms in total. The topological polar surface area (TPSA) is 67.9 Å². The molecule has 0 aliphatic carbocycles. The van der Waals surface area contributed by atoms with Gasteiger partial charge in [-0.2, -0.15) is 0 Å². The summed E-state index contributed by atoms with van der Waals surface area (Å²) >= 11 is 17.3. The number of carbonyl (C=O) groups is 2. The lowest BCUT2D eigenvalue weighted by Gasteiger charge is -2.29. The fourth-order valence-electron chi connectivity index (χ4n) is 3.85. The highest BCUT2D eigenvalue weighted by atomic mass is 35.5. The van der Waals surface area contributed by atoms with Crippen LogP contribution in [0.1, 0.15) is 16.7 Å². The fraction of sp³-hybridized carbons (Fsp3) is 0.107. The average molecular weight is 571 g/mol. The molecule has 0 radical (unpaired) electrons. The van der Waals surface area contributed by atoms with Gasteiger partial charge in [0.2, 0.25) is 0 Å². The number of carbonyl (C=O) groups excluding carboxylic acids is 2. The summed E-state index contributed by atoms with van der Waals surface area (Å²) in [7, 11) is 1.48. The first-order valence-electron chi connectivity index (χ1n) is 11.3. The number of rotatable bonds is 8. The van der Waals surface area contributed by atoms with E-state index in [-0.39, 0.29) is 23.0 Å². The van der Waals surface area contributed by atoms with Crippen LogP contribution in [0, 0.1) is 5.82 Å². The third kappa shape index (κ3) is 5.72. The second-order valence-corrected chi connectivity index (χ2v) is 9.35. The minimum atomic E-state index is -0.756. The van der Waals surface area contributed by atoms with Gasteiger partial charge in [0, 0.05) is 5.56 Å². The van der Waals surface area contributed by atoms with E-state index in [0.717, 1.165) is 10.5 Å². The third-order valence-corrected chi connectivity index (χ3v) is 6.64. The molecule has 0 unspecified atom stereocenters. The minimum Gasteiger partial charge on any atom is -0.493 e. The summed E-state index contributed by atoms with van der Waals surface area (Å²) < 4.78 is 26.1. The monoisotopic (exact) mass is 570 g/mol. The van der Waals surface area contributed by atoms with Crippen LogP contribution in [0.5, 0.6) is 11.5 Å². The number of hydrogen-bond acceptors (Lipinski definition) is 5. The first-order chi connectivity index (χ1) is 18.2. The van der Waals surface area contributed by atoms with Crippen molar-refractivity contribution in [3.63, 3.8) is 0 Å². The smallest absolute Gasteiger partial charge is 0.270 e. The number of methoxy groups -OCH3 is 1. The fourth-order valence-corrected chi connectivity index (χ4v) is 4.45. The van der Waals surface area contributed by atoms with Crippen LogP contribution in [0.25, 0.3) is 6.08 Å². The SMILES string of the molecule is C=CCc1cc(/C=C2\C(=O)NC(=S)N(c3ccccc3F)C2=O)cc(OC)c1OCc1ccc(Cl)c(Cl)c1. The Balaban J connectivity index is 1.70. The van der Waals surface area contributed by atoms with E-state index in [1.54, 1.807) is 42.5 Å². The van der Waals surface area contributed by atoms with Crippen LogP contribution in [-0.4, -0.2) is 24.0 Å². The number of amides is 2. The van der Waals surface area contributed by atoms with Crippen molar-refractivity contribution in [1.29, 1.82) is 0 Å². The number of nitrogens with one attached hydrogen (secondary N) is 1. The Hall–Kier alpha value is -3.72. The highest BCUT2D eigenvalue weighted by Crippen LogP contribution is 2.36. The maximum absolute atomic E-state index is 14.5. The van der Waals surface area contributed by atoms with Gasteiger partial charge in [-0.05, 0) is 72.2 Å². The number of para-hydroxylation sites is 1. The molecule has 1 heterocycles. The number of allylic oxidation sites excluding steroid dienone is 1. The van der Waals surface area contributed by atoms with E-state index >= 15 is 0 Å². The number of nitrogens with zero attached hydrogens (tertiary/aromatic N) is 1. The summed E-state index contributed by atoms with van der Waals surface area (Å²) in [6.45, 7) is 3.99. The van der Waals surface area contributed by atoms with Crippen molar-refractivity contribution in [2.75, 3.05) is 12.0 Å². The second-order valence-electron chi connectivity index (χ2n) is 8.15. The van der Waals surface area contributed by atoms with E-state index in [0.29, 0.717) is 39.1 Å². The van der Waals surface area contributed by atoms with Gasteiger partial charge in [0.15, 0.2) is 16.6 Å². The molecular weight excluding hydrogens is 550 g/mol. The summed E-state index contributed by atoms with van der Waals surface area (Å²) in [6, 6.07) is 14.2. The number of thiocarbonyl (C=S) groups is 1. The Kier molecular flexibility index (Phi) is 8.46. The molecule has 3 aromatic rings. The van der Waals surface area contributed by atoms with Crippen molar-refractivity contribution in [2.45, 2.75) is 13.0 Å². The largest absolute Gasteiger partial charge is 0.493 e. The van der Waals surface area contributed by atoms with Crippen molar-refractivity contribution in [1.82, 2.24) is 5.32 Å². The number of benzene rings is 3. The lowest BCUT2D eigenvalue weighted by molar-refractivity contribution is -0.122. The molecule has 0 atom stereocenters. The van der Waals surface area contributed by atoms with Gasteiger partial charge in [0.25, 0.3) is 11.8 Å². The Labute approximate surface area is 234 Å². The summed E-state index contributed by atoms with van der Waals surface area (Å²) in [4.78, 5) is 27.0. The second kappa shape index (κ2) is 11.8. The molecule has 1 aliphatic heterocycles. The third-order valence-electron chi connectivity index (χ3n) is 5.61. The molecule has 194 valence electrons. The summed E-state index contributed by atoms with van der Waals surface area (Å²) in [5.41, 5.74) is 1.70. The predicted octanol–water partition coefficient (Wildman–Crippen LogP) is 6.28. The molecular formula is C28H21Cl2FN2O4S. The van der Waals surface area contributed by atoms with Crippen LogP contribution in [0.15, 0.2) is 72.8 Å². The van der Waals surface area contributed by atoms with Crippen molar-refractivity contribution in [2.24, 2.45) is 0 Å². The normalized spacial score (nSPS) is 14.5. The molecule has 0 spiro atoms. The highest BCUT2D eigenvalue weighted by Gasteiger charge is 2.35. The van der Waals surface area contributed by atoms with Gasteiger partial charge in [-0.15, -0.1) is 6.58 Å². The molecule has 0 bridgehead atoms. The van der Waals surface area contributed by atoms with E-state index < -0.39 is 17.6 Å². The lowest BCUT2D eigenvalue weighted by atomic mass is 10.0. The van der Waals surface area contributed by atoms with Gasteiger partial charge in [-0.3, -0.25) is 14.9 Å². The number of halogens is 3. The zero-order valence-corrected chi connectivity index (χ0v) is 22.4. The van der Waals surface area contributed by atoms with E-state index in [2.05, 4.69) is 11.9 Å². The van der Waals surface area contributed by atoms with Gasteiger partial charge < -0.3 is 9.47 Å². The van der Waals surface area contributed by atoms with Crippen molar-refractivity contribution in [3.8, 4) is 11.5 Å². The Morgan fingerprint density at radius 1 is 1.11 bits per heavy atom. The Morgan fingerprint density at radius 2 is 1.87 bits per heavy atom. The van der Waals surface area contributed by atoms with E-state index in [9.17, 15) is 14.0 Å². The van der Waals surface area contributed by atoms with Crippen LogP contribution < -0.4 is 19.7 Å². The first-order valence-corrected chi connectivity index (χ1v) is 12.4. The Bertz CT molecular complexity index is 1490. The van der Waals surface area contributed by atoms with Crippen LogP contribution in [0.2, 0.25) is 10.0 Å². The quantitative estimate of drug-likeness (QED) is 0.149. The van der Waals surface area contributed by atoms with Crippen LogP contribution in [0.4, 0.5) is 10.1 Å². The predicted molar refractivity (Wildman–Crippen MR) is 150 cm³/mol. The molecule has 1 fully saturated rings. The molecule has 0 aromatic heterocycles. The molecule has 2 amide bonds. The van der Waals surface area contributed by atoms with Gasteiger partial charge in [-0.1, -0.05) is 47.5 Å². The summed E-state index contributed by atoms with van der Waals surface area (Å²) in [5.74, 6) is -1.27. The summed E-state index contributed by atoms with van der Waals surface area (Å²) in [5, 5.41) is 3.09. The van der Waals surface area contributed by atoms with Crippen LogP contribution in [-0.2, 0) is 22.6 Å². The average Bonchev–Trinajstić information content (AvgIpc) is 2.88. The molecule has 10 heteroatoms. The molecule has 1 N–H and O–H groups in total. The van der Waals surface area contributed by atoms with Gasteiger partial charge >= 0.3 is 0 Å². The molecule has 38 heavy (non-hydrogen) atoms. The number of anilines is 1. The maximum atomic E-state index is 14.5. The van der Waals surface area contributed by atoms with Gasteiger partial charge in [-0.25, -0.2) is 9.29 Å². The maximum Gasteiger partial charge on any atom is 0.270 e. The van der Waals surface area contributed by atoms with Crippen LogP contribution in [0.3, 0.4) is 0 Å². The van der Waals surface area contributed by atoms with Crippen molar-refractivity contribution in [3.05, 3.63) is 105 Å². The molecule has 1 saturated heterocycles. The lowest BCUT2D eigenvalue weighted by Crippen LogP contribution is -2.54. The molecule has 4 rings (SSSR count). The Morgan fingerprint density at radius 3 is 2.55 bits per heavy atom. The zero-order valence-electron chi connectivity index (χ0n) is 20.1. The van der Waals surface area contributed by atoms with Crippen molar-refractivity contribution >= 4 is 64.1 Å². The summed E-state index contributed by atoms with van der Waals surface area (Å²) in [6.07, 6.45) is 3.50. The van der Waals surface area contributed by atoms with Gasteiger partial charge in [0.05, 0.1) is 22.8 Å². The molecule has 3 aromatic carbocycles.